The first kappa shape index (κ1) is 8.76. The van der Waals surface area contributed by atoms with Crippen molar-refractivity contribution in [3.63, 3.8) is 0 Å². The highest BCUT2D eigenvalue weighted by Crippen LogP contribution is 2.35. The van der Waals surface area contributed by atoms with Crippen molar-refractivity contribution in [3.05, 3.63) is 36.0 Å². The van der Waals surface area contributed by atoms with Crippen LogP contribution < -0.4 is 0 Å². The van der Waals surface area contributed by atoms with Crippen LogP contribution in [0.3, 0.4) is 0 Å². The van der Waals surface area contributed by atoms with Gasteiger partial charge in [-0.05, 0) is 24.0 Å². The Morgan fingerprint density at radius 3 is 2.77 bits per heavy atom. The summed E-state index contributed by atoms with van der Waals surface area (Å²) < 4.78 is 5.34. The molecule has 1 nitrogen and oxygen atoms in total. The first-order valence-electron chi connectivity index (χ1n) is 4.87. The van der Waals surface area contributed by atoms with Crippen LogP contribution in [0.4, 0.5) is 0 Å². The lowest BCUT2D eigenvalue weighted by Gasteiger charge is -2.23. The van der Waals surface area contributed by atoms with Crippen LogP contribution in [0.2, 0.25) is 0 Å². The van der Waals surface area contributed by atoms with E-state index in [2.05, 4.69) is 32.6 Å². The Morgan fingerprint density at radius 1 is 1.54 bits per heavy atom. The normalized spacial score (nSPS) is 37.8. The fraction of sp³-hybridized carbons (Fsp3) is 0.500. The number of hydrogen-bond acceptors (Lipinski definition) is 1. The summed E-state index contributed by atoms with van der Waals surface area (Å²) in [4.78, 5) is 0. The van der Waals surface area contributed by atoms with E-state index >= 15 is 0 Å². The monoisotopic (exact) mass is 176 g/mol. The molecule has 0 spiro atoms. The van der Waals surface area contributed by atoms with Crippen LogP contribution in [-0.4, -0.2) is 12.7 Å². The Balaban J connectivity index is 2.22. The number of allylic oxidation sites excluding steroid dienone is 4. The van der Waals surface area contributed by atoms with Crippen LogP contribution in [0.5, 0.6) is 0 Å². The topological polar surface area (TPSA) is 12.5 Å². The van der Waals surface area contributed by atoms with Gasteiger partial charge in [-0.1, -0.05) is 31.7 Å². The number of rotatable bonds is 2. The Kier molecular flexibility index (Phi) is 2.12. The summed E-state index contributed by atoms with van der Waals surface area (Å²) in [7, 11) is 0. The van der Waals surface area contributed by atoms with Crippen molar-refractivity contribution < 1.29 is 4.74 Å². The van der Waals surface area contributed by atoms with Gasteiger partial charge in [0, 0.05) is 5.92 Å². The molecule has 70 valence electrons. The highest BCUT2D eigenvalue weighted by molar-refractivity contribution is 5.41. The second-order valence-electron chi connectivity index (χ2n) is 3.98. The highest BCUT2D eigenvalue weighted by Gasteiger charge is 2.35. The maximum absolute atomic E-state index is 5.34. The molecule has 1 aliphatic heterocycles. The second kappa shape index (κ2) is 3.15. The summed E-state index contributed by atoms with van der Waals surface area (Å²) in [6, 6.07) is 0. The van der Waals surface area contributed by atoms with Crippen LogP contribution >= 0.6 is 0 Å². The molecule has 2 aliphatic rings. The van der Waals surface area contributed by atoms with Crippen molar-refractivity contribution in [1.82, 2.24) is 0 Å². The average molecular weight is 176 g/mol. The Hall–Kier alpha value is -0.820. The summed E-state index contributed by atoms with van der Waals surface area (Å²) in [5, 5.41) is 0. The van der Waals surface area contributed by atoms with Gasteiger partial charge >= 0.3 is 0 Å². The van der Waals surface area contributed by atoms with E-state index in [1.807, 2.05) is 6.08 Å². The fourth-order valence-electron chi connectivity index (χ4n) is 2.04. The molecule has 3 atom stereocenters. The maximum atomic E-state index is 5.34. The van der Waals surface area contributed by atoms with Gasteiger partial charge < -0.3 is 4.74 Å². The zero-order valence-electron chi connectivity index (χ0n) is 8.29. The van der Waals surface area contributed by atoms with Crippen molar-refractivity contribution in [3.8, 4) is 0 Å². The summed E-state index contributed by atoms with van der Waals surface area (Å²) in [5.41, 5.74) is 2.62. The number of epoxide rings is 1. The van der Waals surface area contributed by atoms with Gasteiger partial charge in [0.15, 0.2) is 0 Å². The molecule has 0 amide bonds. The predicted octanol–water partition coefficient (Wildman–Crippen LogP) is 2.71. The van der Waals surface area contributed by atoms with Gasteiger partial charge in [-0.15, -0.1) is 0 Å². The lowest BCUT2D eigenvalue weighted by Crippen LogP contribution is -2.18. The Morgan fingerprint density at radius 2 is 2.23 bits per heavy atom. The molecule has 1 heterocycles. The van der Waals surface area contributed by atoms with Crippen molar-refractivity contribution in [2.24, 2.45) is 11.8 Å². The van der Waals surface area contributed by atoms with E-state index in [4.69, 9.17) is 4.74 Å². The van der Waals surface area contributed by atoms with Gasteiger partial charge in [0.2, 0.25) is 0 Å². The Bertz CT molecular complexity index is 281. The molecular formula is C12H16O. The zero-order chi connectivity index (χ0) is 9.42. The molecule has 1 aliphatic carbocycles. The lowest BCUT2D eigenvalue weighted by molar-refractivity contribution is 0.326. The van der Waals surface area contributed by atoms with E-state index in [0.29, 0.717) is 17.9 Å². The third-order valence-corrected chi connectivity index (χ3v) is 2.96. The van der Waals surface area contributed by atoms with Crippen molar-refractivity contribution >= 4 is 0 Å². The van der Waals surface area contributed by atoms with Crippen molar-refractivity contribution in [1.29, 1.82) is 0 Å². The molecule has 1 saturated heterocycles. The molecule has 1 heteroatoms. The van der Waals surface area contributed by atoms with Crippen LogP contribution in [-0.2, 0) is 4.74 Å². The third kappa shape index (κ3) is 1.61. The molecule has 13 heavy (non-hydrogen) atoms. The molecule has 0 bridgehead atoms. The summed E-state index contributed by atoms with van der Waals surface area (Å²) in [6.45, 7) is 9.16. The van der Waals surface area contributed by atoms with Crippen LogP contribution in [0.1, 0.15) is 13.8 Å². The average Bonchev–Trinajstić information content (AvgIpc) is 2.88. The summed E-state index contributed by atoms with van der Waals surface area (Å²) >= 11 is 0. The van der Waals surface area contributed by atoms with E-state index in [1.165, 1.54) is 11.1 Å². The smallest absolute Gasteiger partial charge is 0.0878 e. The van der Waals surface area contributed by atoms with Crippen LogP contribution in [0.25, 0.3) is 0 Å². The maximum Gasteiger partial charge on any atom is 0.0878 e. The summed E-state index contributed by atoms with van der Waals surface area (Å²) in [5.74, 6) is 1.17. The predicted molar refractivity (Wildman–Crippen MR) is 54.4 cm³/mol. The van der Waals surface area contributed by atoms with Crippen LogP contribution in [0, 0.1) is 11.8 Å². The molecule has 0 aromatic heterocycles. The van der Waals surface area contributed by atoms with E-state index < -0.39 is 0 Å². The van der Waals surface area contributed by atoms with Gasteiger partial charge in [-0.2, -0.15) is 0 Å². The first-order valence-corrected chi connectivity index (χ1v) is 4.87. The fourth-order valence-corrected chi connectivity index (χ4v) is 2.04. The van der Waals surface area contributed by atoms with E-state index in [-0.39, 0.29) is 0 Å². The lowest BCUT2D eigenvalue weighted by atomic mass is 9.82. The molecule has 3 unspecified atom stereocenters. The van der Waals surface area contributed by atoms with Gasteiger partial charge in [0.1, 0.15) is 0 Å². The molecular weight excluding hydrogens is 160 g/mol. The SMILES string of the molecule is C=CC1=CC(C2CO2)C(C)C=C1C. The zero-order valence-corrected chi connectivity index (χ0v) is 8.29. The van der Waals surface area contributed by atoms with E-state index in [0.717, 1.165) is 6.61 Å². The van der Waals surface area contributed by atoms with Crippen LogP contribution in [0.15, 0.2) is 36.0 Å². The van der Waals surface area contributed by atoms with Gasteiger partial charge in [0.25, 0.3) is 0 Å². The number of ether oxygens (including phenoxy) is 1. The molecule has 0 aromatic rings. The minimum atomic E-state index is 0.467. The van der Waals surface area contributed by atoms with Crippen molar-refractivity contribution in [2.75, 3.05) is 6.61 Å². The minimum absolute atomic E-state index is 0.467. The Labute approximate surface area is 79.8 Å². The first-order chi connectivity index (χ1) is 6.22. The quantitative estimate of drug-likeness (QED) is 0.589. The minimum Gasteiger partial charge on any atom is -0.372 e. The molecule has 2 rings (SSSR count). The standard InChI is InChI=1S/C12H16O/c1-4-10-6-11(12-7-13-12)9(3)5-8(10)2/h4-6,9,11-12H,1,7H2,2-3H3. The molecule has 0 radical (unpaired) electrons. The second-order valence-corrected chi connectivity index (χ2v) is 3.98. The summed E-state index contributed by atoms with van der Waals surface area (Å²) in [6.07, 6.45) is 7.04. The largest absolute Gasteiger partial charge is 0.372 e. The van der Waals surface area contributed by atoms with Crippen molar-refractivity contribution in [2.45, 2.75) is 20.0 Å². The molecule has 1 fully saturated rings. The van der Waals surface area contributed by atoms with Gasteiger partial charge in [-0.25, -0.2) is 0 Å². The van der Waals surface area contributed by atoms with Gasteiger partial charge in [0.05, 0.1) is 12.7 Å². The highest BCUT2D eigenvalue weighted by atomic mass is 16.6. The molecule has 0 saturated carbocycles. The third-order valence-electron chi connectivity index (χ3n) is 2.96. The number of hydrogen-bond donors (Lipinski definition) is 0. The molecule has 0 aromatic carbocycles. The van der Waals surface area contributed by atoms with E-state index in [9.17, 15) is 0 Å². The van der Waals surface area contributed by atoms with Gasteiger partial charge in [-0.3, -0.25) is 0 Å². The molecule has 0 N–H and O–H groups in total. The van der Waals surface area contributed by atoms with E-state index in [1.54, 1.807) is 0 Å².